The zero-order valence-corrected chi connectivity index (χ0v) is 11.6. The fourth-order valence-corrected chi connectivity index (χ4v) is 1.81. The molecule has 0 unspecified atom stereocenters. The van der Waals surface area contributed by atoms with Crippen molar-refractivity contribution in [2.75, 3.05) is 0 Å². The first-order valence-corrected chi connectivity index (χ1v) is 6.65. The SMILES string of the molecule is O=C(Cc1nc(-c2cnccn2)n[nH]1)NCc1ccccn1. The molecule has 0 aromatic carbocycles. The molecule has 2 N–H and O–H groups in total. The topological polar surface area (TPSA) is 109 Å². The Morgan fingerprint density at radius 1 is 1.18 bits per heavy atom. The average Bonchev–Trinajstić information content (AvgIpc) is 3.03. The molecule has 0 aliphatic heterocycles. The molecule has 0 atom stereocenters. The van der Waals surface area contributed by atoms with Gasteiger partial charge < -0.3 is 5.32 Å². The van der Waals surface area contributed by atoms with E-state index in [9.17, 15) is 4.79 Å². The van der Waals surface area contributed by atoms with Gasteiger partial charge in [-0.1, -0.05) is 6.07 Å². The van der Waals surface area contributed by atoms with E-state index in [0.717, 1.165) is 5.69 Å². The molecular weight excluding hydrogens is 282 g/mol. The Morgan fingerprint density at radius 3 is 2.91 bits per heavy atom. The molecule has 110 valence electrons. The third-order valence-corrected chi connectivity index (χ3v) is 2.84. The molecule has 3 rings (SSSR count). The fraction of sp³-hybridized carbons (Fsp3) is 0.143. The number of nitrogens with zero attached hydrogens (tertiary/aromatic N) is 5. The molecule has 3 aromatic heterocycles. The van der Waals surface area contributed by atoms with Gasteiger partial charge in [-0.05, 0) is 12.1 Å². The normalized spacial score (nSPS) is 10.4. The van der Waals surface area contributed by atoms with Crippen LogP contribution in [0, 0.1) is 0 Å². The lowest BCUT2D eigenvalue weighted by atomic mass is 10.3. The number of nitrogens with one attached hydrogen (secondary N) is 2. The zero-order chi connectivity index (χ0) is 15.2. The highest BCUT2D eigenvalue weighted by atomic mass is 16.1. The lowest BCUT2D eigenvalue weighted by Gasteiger charge is -2.02. The molecule has 22 heavy (non-hydrogen) atoms. The van der Waals surface area contributed by atoms with Crippen LogP contribution >= 0.6 is 0 Å². The van der Waals surface area contributed by atoms with Gasteiger partial charge >= 0.3 is 0 Å². The third kappa shape index (κ3) is 3.48. The molecule has 0 bridgehead atoms. The Morgan fingerprint density at radius 2 is 2.14 bits per heavy atom. The maximum atomic E-state index is 11.9. The highest BCUT2D eigenvalue weighted by Crippen LogP contribution is 2.08. The van der Waals surface area contributed by atoms with Crippen LogP contribution in [0.4, 0.5) is 0 Å². The quantitative estimate of drug-likeness (QED) is 0.710. The van der Waals surface area contributed by atoms with Crippen molar-refractivity contribution >= 4 is 5.91 Å². The second-order valence-electron chi connectivity index (χ2n) is 4.47. The minimum absolute atomic E-state index is 0.111. The van der Waals surface area contributed by atoms with Crippen LogP contribution < -0.4 is 5.32 Å². The van der Waals surface area contributed by atoms with Gasteiger partial charge in [0, 0.05) is 18.6 Å². The van der Waals surface area contributed by atoms with Crippen molar-refractivity contribution in [1.29, 1.82) is 0 Å². The summed E-state index contributed by atoms with van der Waals surface area (Å²) in [5, 5.41) is 9.53. The van der Waals surface area contributed by atoms with Crippen LogP contribution in [0.15, 0.2) is 43.0 Å². The van der Waals surface area contributed by atoms with Crippen LogP contribution in [0.25, 0.3) is 11.5 Å². The van der Waals surface area contributed by atoms with Crippen LogP contribution in [-0.2, 0) is 17.8 Å². The van der Waals surface area contributed by atoms with E-state index >= 15 is 0 Å². The van der Waals surface area contributed by atoms with E-state index in [1.54, 1.807) is 24.8 Å². The van der Waals surface area contributed by atoms with Gasteiger partial charge in [-0.15, -0.1) is 0 Å². The summed E-state index contributed by atoms with van der Waals surface area (Å²) in [4.78, 5) is 28.3. The summed E-state index contributed by atoms with van der Waals surface area (Å²) >= 11 is 0. The lowest BCUT2D eigenvalue weighted by Crippen LogP contribution is -2.25. The van der Waals surface area contributed by atoms with Crippen LogP contribution in [0.2, 0.25) is 0 Å². The van der Waals surface area contributed by atoms with Crippen molar-refractivity contribution in [3.63, 3.8) is 0 Å². The Labute approximate surface area is 126 Å². The minimum atomic E-state index is -0.160. The molecule has 0 aliphatic rings. The van der Waals surface area contributed by atoms with E-state index in [-0.39, 0.29) is 12.3 Å². The molecule has 0 spiro atoms. The molecule has 0 saturated heterocycles. The van der Waals surface area contributed by atoms with E-state index in [1.165, 1.54) is 0 Å². The van der Waals surface area contributed by atoms with Crippen molar-refractivity contribution in [2.24, 2.45) is 0 Å². The molecule has 0 aliphatic carbocycles. The number of H-pyrrole nitrogens is 1. The van der Waals surface area contributed by atoms with Gasteiger partial charge in [-0.25, -0.2) is 9.97 Å². The number of hydrogen-bond donors (Lipinski definition) is 2. The van der Waals surface area contributed by atoms with Gasteiger partial charge in [0.25, 0.3) is 0 Å². The molecule has 3 heterocycles. The highest BCUT2D eigenvalue weighted by Gasteiger charge is 2.10. The maximum Gasteiger partial charge on any atom is 0.227 e. The number of amides is 1. The van der Waals surface area contributed by atoms with Crippen LogP contribution in [0.1, 0.15) is 11.5 Å². The van der Waals surface area contributed by atoms with E-state index < -0.39 is 0 Å². The molecule has 8 heteroatoms. The van der Waals surface area contributed by atoms with Crippen molar-refractivity contribution in [1.82, 2.24) is 35.5 Å². The zero-order valence-electron chi connectivity index (χ0n) is 11.6. The summed E-state index contributed by atoms with van der Waals surface area (Å²) in [7, 11) is 0. The Hall–Kier alpha value is -3.16. The predicted octanol–water partition coefficient (Wildman–Crippen LogP) is 0.516. The van der Waals surface area contributed by atoms with Gasteiger partial charge in [0.05, 0.1) is 24.9 Å². The summed E-state index contributed by atoms with van der Waals surface area (Å²) in [6, 6.07) is 5.55. The van der Waals surface area contributed by atoms with E-state index in [4.69, 9.17) is 0 Å². The number of rotatable bonds is 5. The number of carbonyl (C=O) groups is 1. The number of hydrogen-bond acceptors (Lipinski definition) is 6. The first kappa shape index (κ1) is 13.8. The van der Waals surface area contributed by atoms with Crippen molar-refractivity contribution in [3.05, 3.63) is 54.5 Å². The minimum Gasteiger partial charge on any atom is -0.350 e. The Bertz CT molecular complexity index is 742. The maximum absolute atomic E-state index is 11.9. The number of carbonyl (C=O) groups excluding carboxylic acids is 1. The number of aromatic nitrogens is 6. The average molecular weight is 295 g/mol. The van der Waals surface area contributed by atoms with E-state index in [1.807, 2.05) is 18.2 Å². The van der Waals surface area contributed by atoms with Crippen molar-refractivity contribution < 1.29 is 4.79 Å². The summed E-state index contributed by atoms with van der Waals surface area (Å²) in [5.74, 6) is 0.729. The fourth-order valence-electron chi connectivity index (χ4n) is 1.81. The molecule has 0 radical (unpaired) electrons. The smallest absolute Gasteiger partial charge is 0.227 e. The Balaban J connectivity index is 1.57. The van der Waals surface area contributed by atoms with Gasteiger partial charge in [-0.2, -0.15) is 5.10 Å². The van der Waals surface area contributed by atoms with Gasteiger partial charge in [0.1, 0.15) is 11.5 Å². The largest absolute Gasteiger partial charge is 0.350 e. The standard InChI is InChI=1S/C14H13N7O/c22-13(18-8-10-3-1-2-4-16-10)7-12-19-14(21-20-12)11-9-15-5-6-17-11/h1-6,9H,7-8H2,(H,18,22)(H,19,20,21). The predicted molar refractivity (Wildman–Crippen MR) is 77.2 cm³/mol. The summed E-state index contributed by atoms with van der Waals surface area (Å²) in [6.07, 6.45) is 6.49. The lowest BCUT2D eigenvalue weighted by molar-refractivity contribution is -0.120. The van der Waals surface area contributed by atoms with E-state index in [0.29, 0.717) is 23.9 Å². The molecule has 1 amide bonds. The second kappa shape index (κ2) is 6.53. The monoisotopic (exact) mass is 295 g/mol. The first-order chi connectivity index (χ1) is 10.8. The first-order valence-electron chi connectivity index (χ1n) is 6.65. The van der Waals surface area contributed by atoms with E-state index in [2.05, 4.69) is 35.5 Å². The van der Waals surface area contributed by atoms with Crippen LogP contribution in [-0.4, -0.2) is 36.0 Å². The van der Waals surface area contributed by atoms with Gasteiger partial charge in [-0.3, -0.25) is 19.9 Å². The van der Waals surface area contributed by atoms with Gasteiger partial charge in [0.2, 0.25) is 11.7 Å². The molecule has 0 saturated carbocycles. The highest BCUT2D eigenvalue weighted by molar-refractivity contribution is 5.77. The van der Waals surface area contributed by atoms with Crippen LogP contribution in [0.5, 0.6) is 0 Å². The van der Waals surface area contributed by atoms with Gasteiger partial charge in [0.15, 0.2) is 0 Å². The number of pyridine rings is 1. The molecule has 3 aromatic rings. The second-order valence-corrected chi connectivity index (χ2v) is 4.47. The molecule has 8 nitrogen and oxygen atoms in total. The third-order valence-electron chi connectivity index (χ3n) is 2.84. The molecule has 0 fully saturated rings. The number of aromatic amines is 1. The van der Waals surface area contributed by atoms with Crippen molar-refractivity contribution in [3.8, 4) is 11.5 Å². The van der Waals surface area contributed by atoms with Crippen molar-refractivity contribution in [2.45, 2.75) is 13.0 Å². The summed E-state index contributed by atoms with van der Waals surface area (Å²) in [6.45, 7) is 0.380. The Kier molecular flexibility index (Phi) is 4.10. The van der Waals surface area contributed by atoms with Crippen LogP contribution in [0.3, 0.4) is 0 Å². The summed E-state index contributed by atoms with van der Waals surface area (Å²) < 4.78 is 0. The summed E-state index contributed by atoms with van der Waals surface area (Å²) in [5.41, 5.74) is 1.35. The molecular formula is C14H13N7O.